The molecule has 2 N–H and O–H groups in total. The predicted molar refractivity (Wildman–Crippen MR) is 83.3 cm³/mol. The summed E-state index contributed by atoms with van der Waals surface area (Å²) in [5.41, 5.74) is 3.52. The van der Waals surface area contributed by atoms with Crippen LogP contribution in [0, 0.1) is 5.92 Å². The molecule has 8 heteroatoms. The summed E-state index contributed by atoms with van der Waals surface area (Å²) >= 11 is 0. The van der Waals surface area contributed by atoms with Crippen LogP contribution in [0.2, 0.25) is 0 Å². The van der Waals surface area contributed by atoms with E-state index in [1.54, 1.807) is 13.3 Å². The summed E-state index contributed by atoms with van der Waals surface area (Å²) in [7, 11) is 1.61. The van der Waals surface area contributed by atoms with Gasteiger partial charge in [0.1, 0.15) is 0 Å². The van der Waals surface area contributed by atoms with Crippen LogP contribution in [0.3, 0.4) is 0 Å². The third kappa shape index (κ3) is 4.72. The Labute approximate surface area is 128 Å². The molecule has 0 fully saturated rings. The van der Waals surface area contributed by atoms with Gasteiger partial charge in [-0.15, -0.1) is 5.10 Å². The molecule has 0 aliphatic carbocycles. The number of benzene rings is 1. The molecule has 2 rings (SSSR count). The molecule has 118 valence electrons. The van der Waals surface area contributed by atoms with E-state index in [9.17, 15) is 0 Å². The summed E-state index contributed by atoms with van der Waals surface area (Å²) in [6.07, 6.45) is 2.64. The molecule has 0 aliphatic rings. The van der Waals surface area contributed by atoms with Crippen molar-refractivity contribution < 1.29 is 9.47 Å². The second-order valence-corrected chi connectivity index (χ2v) is 5.05. The highest BCUT2D eigenvalue weighted by Gasteiger charge is 2.05. The summed E-state index contributed by atoms with van der Waals surface area (Å²) in [5, 5.41) is 17.2. The third-order valence-electron chi connectivity index (χ3n) is 2.86. The lowest BCUT2D eigenvalue weighted by molar-refractivity contribution is 0.273. The maximum Gasteiger partial charge on any atom is 0.283 e. The van der Waals surface area contributed by atoms with Crippen LogP contribution in [0.25, 0.3) is 0 Å². The highest BCUT2D eigenvalue weighted by atomic mass is 16.5. The van der Waals surface area contributed by atoms with Crippen molar-refractivity contribution in [2.45, 2.75) is 20.3 Å². The maximum absolute atomic E-state index is 5.74. The number of nitrogens with zero attached hydrogens (tertiary/aromatic N) is 4. The van der Waals surface area contributed by atoms with Crippen molar-refractivity contribution in [3.05, 3.63) is 23.8 Å². The van der Waals surface area contributed by atoms with Crippen molar-refractivity contribution in [3.8, 4) is 11.5 Å². The van der Waals surface area contributed by atoms with Gasteiger partial charge in [-0.3, -0.25) is 0 Å². The van der Waals surface area contributed by atoms with Crippen molar-refractivity contribution in [1.82, 2.24) is 20.6 Å². The molecule has 22 heavy (non-hydrogen) atoms. The summed E-state index contributed by atoms with van der Waals surface area (Å²) in [6, 6.07) is 5.62. The molecule has 0 saturated carbocycles. The number of aromatic amines is 1. The van der Waals surface area contributed by atoms with Gasteiger partial charge in [-0.2, -0.15) is 10.3 Å². The normalized spacial score (nSPS) is 11.1. The van der Waals surface area contributed by atoms with Crippen LogP contribution in [0.5, 0.6) is 11.5 Å². The molecule has 0 saturated heterocycles. The molecule has 0 unspecified atom stereocenters. The van der Waals surface area contributed by atoms with Crippen molar-refractivity contribution >= 4 is 12.2 Å². The molecule has 1 aromatic carbocycles. The first-order valence-corrected chi connectivity index (χ1v) is 7.02. The van der Waals surface area contributed by atoms with Gasteiger partial charge in [0.15, 0.2) is 11.5 Å². The van der Waals surface area contributed by atoms with Gasteiger partial charge in [0, 0.05) is 0 Å². The third-order valence-corrected chi connectivity index (χ3v) is 2.86. The fourth-order valence-corrected chi connectivity index (χ4v) is 1.66. The molecule has 2 aromatic rings. The molecule has 8 nitrogen and oxygen atoms in total. The highest BCUT2D eigenvalue weighted by molar-refractivity contribution is 5.81. The second kappa shape index (κ2) is 7.96. The SMILES string of the molecule is COc1cc(C=NNc2nn[nH]n2)ccc1OCCC(C)C. The zero-order chi connectivity index (χ0) is 15.8. The lowest BCUT2D eigenvalue weighted by Gasteiger charge is -2.12. The van der Waals surface area contributed by atoms with Crippen molar-refractivity contribution in [2.24, 2.45) is 11.0 Å². The van der Waals surface area contributed by atoms with Gasteiger partial charge < -0.3 is 9.47 Å². The zero-order valence-corrected chi connectivity index (χ0v) is 12.9. The smallest absolute Gasteiger partial charge is 0.283 e. The first-order chi connectivity index (χ1) is 10.7. The number of methoxy groups -OCH3 is 1. The molecule has 0 spiro atoms. The summed E-state index contributed by atoms with van der Waals surface area (Å²) in [6.45, 7) is 4.99. The van der Waals surface area contributed by atoms with E-state index < -0.39 is 0 Å². The Balaban J connectivity index is 1.97. The average Bonchev–Trinajstić information content (AvgIpc) is 3.01. The topological polar surface area (TPSA) is 97.3 Å². The fraction of sp³-hybridized carbons (Fsp3) is 0.429. The standard InChI is InChI=1S/C14H20N6O2/c1-10(2)6-7-22-12-5-4-11(8-13(12)21-3)9-15-16-14-17-19-20-18-14/h4-5,8-10H,6-7H2,1-3H3,(H2,16,17,18,19,20). The molecule has 0 radical (unpaired) electrons. The number of hydrogen-bond acceptors (Lipinski definition) is 7. The first kappa shape index (κ1) is 15.7. The lowest BCUT2D eigenvalue weighted by atomic mass is 10.1. The lowest BCUT2D eigenvalue weighted by Crippen LogP contribution is -2.03. The van der Waals surface area contributed by atoms with E-state index in [2.05, 4.69) is 45.0 Å². The van der Waals surface area contributed by atoms with Crippen LogP contribution in [0.4, 0.5) is 5.95 Å². The zero-order valence-electron chi connectivity index (χ0n) is 12.9. The quantitative estimate of drug-likeness (QED) is 0.572. The number of rotatable bonds is 8. The average molecular weight is 304 g/mol. The predicted octanol–water partition coefficient (Wildman–Crippen LogP) is 2.08. The van der Waals surface area contributed by atoms with E-state index in [0.29, 0.717) is 24.2 Å². The largest absolute Gasteiger partial charge is 0.493 e. The molecule has 0 atom stereocenters. The minimum Gasteiger partial charge on any atom is -0.493 e. The number of aromatic nitrogens is 4. The first-order valence-electron chi connectivity index (χ1n) is 7.02. The van der Waals surface area contributed by atoms with Gasteiger partial charge in [0.25, 0.3) is 5.95 Å². The van der Waals surface area contributed by atoms with E-state index in [1.807, 2.05) is 18.2 Å². The molecule has 0 bridgehead atoms. The number of hydrazone groups is 1. The Kier molecular flexibility index (Phi) is 5.70. The number of ether oxygens (including phenoxy) is 2. The molecular formula is C14H20N6O2. The monoisotopic (exact) mass is 304 g/mol. The van der Waals surface area contributed by atoms with E-state index in [1.165, 1.54) is 0 Å². The molecule has 1 heterocycles. The van der Waals surface area contributed by atoms with Crippen molar-refractivity contribution in [3.63, 3.8) is 0 Å². The van der Waals surface area contributed by atoms with Crippen LogP contribution >= 0.6 is 0 Å². The van der Waals surface area contributed by atoms with E-state index in [-0.39, 0.29) is 0 Å². The Morgan fingerprint density at radius 2 is 2.23 bits per heavy atom. The molecule has 1 aromatic heterocycles. The van der Waals surface area contributed by atoms with Gasteiger partial charge in [-0.25, -0.2) is 5.43 Å². The van der Waals surface area contributed by atoms with E-state index in [4.69, 9.17) is 9.47 Å². The Morgan fingerprint density at radius 1 is 1.36 bits per heavy atom. The van der Waals surface area contributed by atoms with Crippen molar-refractivity contribution in [2.75, 3.05) is 19.1 Å². The number of H-pyrrole nitrogens is 1. The fourth-order valence-electron chi connectivity index (χ4n) is 1.66. The number of nitrogens with one attached hydrogen (secondary N) is 2. The molecule has 0 amide bonds. The summed E-state index contributed by atoms with van der Waals surface area (Å²) in [4.78, 5) is 0. The second-order valence-electron chi connectivity index (χ2n) is 5.05. The van der Waals surface area contributed by atoms with Gasteiger partial charge in [0.2, 0.25) is 0 Å². The number of tetrazole rings is 1. The Morgan fingerprint density at radius 3 is 2.91 bits per heavy atom. The number of anilines is 1. The Hall–Kier alpha value is -2.64. The number of hydrogen-bond donors (Lipinski definition) is 2. The van der Waals surface area contributed by atoms with Crippen molar-refractivity contribution in [1.29, 1.82) is 0 Å². The summed E-state index contributed by atoms with van der Waals surface area (Å²) in [5.74, 6) is 2.31. The minimum atomic E-state index is 0.303. The van der Waals surface area contributed by atoms with Crippen LogP contribution in [0.1, 0.15) is 25.8 Å². The maximum atomic E-state index is 5.74. The van der Waals surface area contributed by atoms with Gasteiger partial charge in [-0.1, -0.05) is 18.9 Å². The highest BCUT2D eigenvalue weighted by Crippen LogP contribution is 2.27. The molecular weight excluding hydrogens is 284 g/mol. The van der Waals surface area contributed by atoms with Crippen LogP contribution in [-0.4, -0.2) is 40.6 Å². The van der Waals surface area contributed by atoms with Gasteiger partial charge >= 0.3 is 0 Å². The van der Waals surface area contributed by atoms with Gasteiger partial charge in [0.05, 0.1) is 19.9 Å². The minimum absolute atomic E-state index is 0.303. The molecule has 0 aliphatic heterocycles. The Bertz CT molecular complexity index is 597. The van der Waals surface area contributed by atoms with Crippen LogP contribution < -0.4 is 14.9 Å². The van der Waals surface area contributed by atoms with E-state index >= 15 is 0 Å². The summed E-state index contributed by atoms with van der Waals surface area (Å²) < 4.78 is 11.1. The van der Waals surface area contributed by atoms with Gasteiger partial charge in [-0.05, 0) is 41.3 Å². The van der Waals surface area contributed by atoms with Crippen LogP contribution in [0.15, 0.2) is 23.3 Å². The van der Waals surface area contributed by atoms with Crippen LogP contribution in [-0.2, 0) is 0 Å². The van der Waals surface area contributed by atoms with E-state index in [0.717, 1.165) is 17.7 Å².